The zero-order chi connectivity index (χ0) is 17.4. The molecule has 1 amide bonds. The highest BCUT2D eigenvalue weighted by atomic mass is 32.2. The third kappa shape index (κ3) is 4.83. The lowest BCUT2D eigenvalue weighted by atomic mass is 10.2. The smallest absolute Gasteiger partial charge is 0.210 e. The number of hydrogen-bond donors (Lipinski definition) is 0. The summed E-state index contributed by atoms with van der Waals surface area (Å²) in [7, 11) is 2.04. The van der Waals surface area contributed by atoms with Gasteiger partial charge in [-0.2, -0.15) is 0 Å². The largest absolute Gasteiger partial charge is 0.497 e. The van der Waals surface area contributed by atoms with E-state index in [0.717, 1.165) is 16.9 Å². The molecule has 0 N–H and O–H groups in total. The van der Waals surface area contributed by atoms with Gasteiger partial charge in [0.2, 0.25) is 6.41 Å². The molecule has 2 aromatic rings. The van der Waals surface area contributed by atoms with Crippen LogP contribution in [0.3, 0.4) is 0 Å². The summed E-state index contributed by atoms with van der Waals surface area (Å²) in [5.41, 5.74) is 0.871. The molecular formula is C18H21NO4S. The number of methoxy groups -OCH3 is 2. The molecule has 0 bridgehead atoms. The van der Waals surface area contributed by atoms with Crippen LogP contribution in [-0.4, -0.2) is 42.0 Å². The maximum absolute atomic E-state index is 12.3. The number of carbonyl (C=O) groups is 1. The van der Waals surface area contributed by atoms with Gasteiger partial charge in [-0.15, -0.1) is 0 Å². The zero-order valence-electron chi connectivity index (χ0n) is 13.8. The van der Waals surface area contributed by atoms with E-state index in [1.54, 1.807) is 25.2 Å². The van der Waals surface area contributed by atoms with E-state index >= 15 is 0 Å². The minimum absolute atomic E-state index is 0.390. The lowest BCUT2D eigenvalue weighted by Gasteiger charge is -2.19. The van der Waals surface area contributed by atoms with E-state index in [2.05, 4.69) is 0 Å². The quantitative estimate of drug-likeness (QED) is 0.654. The second kappa shape index (κ2) is 9.08. The highest BCUT2D eigenvalue weighted by molar-refractivity contribution is 7.85. The predicted octanol–water partition coefficient (Wildman–Crippen LogP) is 2.47. The molecule has 0 aliphatic heterocycles. The minimum atomic E-state index is -1.13. The Morgan fingerprint density at radius 3 is 2.46 bits per heavy atom. The van der Waals surface area contributed by atoms with E-state index in [4.69, 9.17) is 9.47 Å². The van der Waals surface area contributed by atoms with E-state index in [9.17, 15) is 9.00 Å². The fraction of sp³-hybridized carbons (Fsp3) is 0.278. The summed E-state index contributed by atoms with van der Waals surface area (Å²) in [5.74, 6) is 1.74. The molecule has 0 aliphatic rings. The normalized spacial score (nSPS) is 11.6. The van der Waals surface area contributed by atoms with Crippen molar-refractivity contribution in [1.29, 1.82) is 0 Å². The number of carbonyl (C=O) groups excluding carboxylic acids is 1. The number of ether oxygens (including phenoxy) is 2. The first-order valence-electron chi connectivity index (χ1n) is 7.51. The molecule has 0 heterocycles. The van der Waals surface area contributed by atoms with Gasteiger partial charge in [-0.3, -0.25) is 9.00 Å². The van der Waals surface area contributed by atoms with Gasteiger partial charge in [-0.1, -0.05) is 18.2 Å². The van der Waals surface area contributed by atoms with Crippen molar-refractivity contribution in [2.75, 3.05) is 26.5 Å². The third-order valence-corrected chi connectivity index (χ3v) is 4.94. The second-order valence-corrected chi connectivity index (χ2v) is 6.69. The molecule has 0 spiro atoms. The van der Waals surface area contributed by atoms with Gasteiger partial charge in [0, 0.05) is 35.4 Å². The van der Waals surface area contributed by atoms with Gasteiger partial charge < -0.3 is 14.4 Å². The molecule has 0 saturated heterocycles. The summed E-state index contributed by atoms with van der Waals surface area (Å²) in [6, 6.07) is 14.7. The average molecular weight is 347 g/mol. The van der Waals surface area contributed by atoms with Crippen molar-refractivity contribution >= 4 is 17.2 Å². The van der Waals surface area contributed by atoms with Crippen molar-refractivity contribution in [3.05, 3.63) is 54.1 Å². The summed E-state index contributed by atoms with van der Waals surface area (Å²) < 4.78 is 22.8. The Morgan fingerprint density at radius 2 is 1.83 bits per heavy atom. The maximum atomic E-state index is 12.3. The summed E-state index contributed by atoms with van der Waals surface area (Å²) >= 11 is 0. The number of benzene rings is 2. The Morgan fingerprint density at radius 1 is 1.08 bits per heavy atom. The van der Waals surface area contributed by atoms with Crippen molar-refractivity contribution in [1.82, 2.24) is 4.90 Å². The Bertz CT molecular complexity index is 691. The molecule has 0 radical (unpaired) electrons. The summed E-state index contributed by atoms with van der Waals surface area (Å²) in [4.78, 5) is 13.7. The van der Waals surface area contributed by atoms with E-state index in [1.165, 1.54) is 0 Å². The summed E-state index contributed by atoms with van der Waals surface area (Å²) in [6.07, 6.45) is 0.770. The molecule has 0 fully saturated rings. The third-order valence-electron chi connectivity index (χ3n) is 3.59. The lowest BCUT2D eigenvalue weighted by Crippen LogP contribution is -2.26. The molecule has 128 valence electrons. The number of nitrogens with zero attached hydrogens (tertiary/aromatic N) is 1. The van der Waals surface area contributed by atoms with Crippen molar-refractivity contribution in [2.45, 2.75) is 11.4 Å². The first-order chi connectivity index (χ1) is 11.7. The van der Waals surface area contributed by atoms with Crippen LogP contribution in [0.2, 0.25) is 0 Å². The van der Waals surface area contributed by atoms with Crippen LogP contribution in [-0.2, 0) is 22.1 Å². The van der Waals surface area contributed by atoms with Crippen molar-refractivity contribution in [2.24, 2.45) is 0 Å². The van der Waals surface area contributed by atoms with Gasteiger partial charge in [0.25, 0.3) is 0 Å². The first kappa shape index (κ1) is 18.0. The molecule has 2 rings (SSSR count). The predicted molar refractivity (Wildman–Crippen MR) is 93.7 cm³/mol. The van der Waals surface area contributed by atoms with E-state index < -0.39 is 10.8 Å². The number of hydrogen-bond acceptors (Lipinski definition) is 4. The van der Waals surface area contributed by atoms with Crippen LogP contribution in [0.4, 0.5) is 0 Å². The molecule has 0 aliphatic carbocycles. The molecular weight excluding hydrogens is 326 g/mol. The van der Waals surface area contributed by atoms with E-state index in [1.807, 2.05) is 42.5 Å². The fourth-order valence-electron chi connectivity index (χ4n) is 2.26. The molecule has 6 heteroatoms. The van der Waals surface area contributed by atoms with Crippen molar-refractivity contribution < 1.29 is 18.5 Å². The average Bonchev–Trinajstić information content (AvgIpc) is 2.65. The highest BCUT2D eigenvalue weighted by Gasteiger charge is 2.11. The van der Waals surface area contributed by atoms with Gasteiger partial charge >= 0.3 is 0 Å². The van der Waals surface area contributed by atoms with Gasteiger partial charge in [-0.25, -0.2) is 0 Å². The van der Waals surface area contributed by atoms with Gasteiger partial charge in [0.05, 0.1) is 25.0 Å². The highest BCUT2D eigenvalue weighted by Crippen LogP contribution is 2.25. The SMILES string of the molecule is COc1ccc(CN(C=O)CCS(=O)c2ccccc2)c(OC)c1. The van der Waals surface area contributed by atoms with Crippen LogP contribution < -0.4 is 9.47 Å². The summed E-state index contributed by atoms with van der Waals surface area (Å²) in [5, 5.41) is 0. The fourth-order valence-corrected chi connectivity index (χ4v) is 3.36. The minimum Gasteiger partial charge on any atom is -0.497 e. The number of rotatable bonds is 9. The van der Waals surface area contributed by atoms with Crippen molar-refractivity contribution in [3.8, 4) is 11.5 Å². The molecule has 1 atom stereocenters. The van der Waals surface area contributed by atoms with Gasteiger partial charge in [0.15, 0.2) is 0 Å². The lowest BCUT2D eigenvalue weighted by molar-refractivity contribution is -0.118. The molecule has 0 aromatic heterocycles. The molecule has 2 aromatic carbocycles. The van der Waals surface area contributed by atoms with Crippen molar-refractivity contribution in [3.63, 3.8) is 0 Å². The molecule has 24 heavy (non-hydrogen) atoms. The topological polar surface area (TPSA) is 55.8 Å². The van der Waals surface area contributed by atoms with Gasteiger partial charge in [0.1, 0.15) is 11.5 Å². The van der Waals surface area contributed by atoms with Crippen LogP contribution in [0.1, 0.15) is 5.56 Å². The Hall–Kier alpha value is -2.34. The molecule has 5 nitrogen and oxygen atoms in total. The molecule has 0 saturated carbocycles. The van der Waals surface area contributed by atoms with Crippen LogP contribution in [0.5, 0.6) is 11.5 Å². The Kier molecular flexibility index (Phi) is 6.81. The van der Waals surface area contributed by atoms with E-state index in [-0.39, 0.29) is 0 Å². The van der Waals surface area contributed by atoms with E-state index in [0.29, 0.717) is 30.3 Å². The summed E-state index contributed by atoms with van der Waals surface area (Å²) in [6.45, 7) is 0.794. The monoisotopic (exact) mass is 347 g/mol. The van der Waals surface area contributed by atoms with Crippen LogP contribution in [0, 0.1) is 0 Å². The maximum Gasteiger partial charge on any atom is 0.210 e. The standard InChI is InChI=1S/C18H21NO4S/c1-22-16-9-8-15(18(12-16)23-2)13-19(14-20)10-11-24(21)17-6-4-3-5-7-17/h3-9,12,14H,10-11,13H2,1-2H3. The Labute approximate surface area is 144 Å². The first-order valence-corrected chi connectivity index (χ1v) is 8.83. The van der Waals surface area contributed by atoms with Crippen LogP contribution in [0.15, 0.2) is 53.4 Å². The second-order valence-electron chi connectivity index (χ2n) is 5.12. The van der Waals surface area contributed by atoms with Crippen LogP contribution >= 0.6 is 0 Å². The van der Waals surface area contributed by atoms with Crippen LogP contribution in [0.25, 0.3) is 0 Å². The zero-order valence-corrected chi connectivity index (χ0v) is 14.6. The molecule has 1 unspecified atom stereocenters. The Balaban J connectivity index is 2.00. The van der Waals surface area contributed by atoms with Gasteiger partial charge in [-0.05, 0) is 24.3 Å². The number of amides is 1.